The SMILES string of the molecule is Nc1ccc2oc(C(=O)NCC3CCC3)cc2c1. The molecule has 1 heterocycles. The lowest BCUT2D eigenvalue weighted by atomic mass is 9.85. The normalized spacial score (nSPS) is 15.6. The molecule has 0 unspecified atom stereocenters. The number of nitrogen functional groups attached to an aromatic ring is 1. The first-order valence-electron chi connectivity index (χ1n) is 6.29. The van der Waals surface area contributed by atoms with Crippen LogP contribution in [-0.4, -0.2) is 12.5 Å². The van der Waals surface area contributed by atoms with E-state index in [2.05, 4.69) is 5.32 Å². The third-order valence-electron chi connectivity index (χ3n) is 3.54. The van der Waals surface area contributed by atoms with Gasteiger partial charge in [0, 0.05) is 17.6 Å². The summed E-state index contributed by atoms with van der Waals surface area (Å²) in [5, 5.41) is 3.78. The highest BCUT2D eigenvalue weighted by Crippen LogP contribution is 2.25. The average molecular weight is 244 g/mol. The number of anilines is 1. The van der Waals surface area contributed by atoms with Crippen LogP contribution in [0.1, 0.15) is 29.8 Å². The molecule has 1 aliphatic rings. The summed E-state index contributed by atoms with van der Waals surface area (Å²) in [5.41, 5.74) is 7.05. The fourth-order valence-electron chi connectivity index (χ4n) is 2.19. The van der Waals surface area contributed by atoms with Crippen LogP contribution in [0.4, 0.5) is 5.69 Å². The zero-order valence-electron chi connectivity index (χ0n) is 10.1. The zero-order valence-corrected chi connectivity index (χ0v) is 10.1. The molecule has 18 heavy (non-hydrogen) atoms. The van der Waals surface area contributed by atoms with Gasteiger partial charge in [-0.1, -0.05) is 6.42 Å². The summed E-state index contributed by atoms with van der Waals surface area (Å²) in [5.74, 6) is 0.862. The molecule has 94 valence electrons. The van der Waals surface area contributed by atoms with Crippen molar-refractivity contribution in [1.29, 1.82) is 0 Å². The maximum atomic E-state index is 11.9. The summed E-state index contributed by atoms with van der Waals surface area (Å²) in [7, 11) is 0. The van der Waals surface area contributed by atoms with Crippen LogP contribution < -0.4 is 11.1 Å². The first-order chi connectivity index (χ1) is 8.72. The van der Waals surface area contributed by atoms with Gasteiger partial charge in [-0.3, -0.25) is 4.79 Å². The summed E-state index contributed by atoms with van der Waals surface area (Å²) in [6, 6.07) is 7.10. The standard InChI is InChI=1S/C14H16N2O2/c15-11-4-5-12-10(6-11)7-13(18-12)14(17)16-8-9-2-1-3-9/h4-7,9H,1-3,8,15H2,(H,16,17). The molecule has 0 radical (unpaired) electrons. The van der Waals surface area contributed by atoms with Gasteiger partial charge < -0.3 is 15.5 Å². The van der Waals surface area contributed by atoms with E-state index in [1.165, 1.54) is 19.3 Å². The van der Waals surface area contributed by atoms with Crippen LogP contribution in [0.3, 0.4) is 0 Å². The number of amides is 1. The quantitative estimate of drug-likeness (QED) is 0.815. The molecule has 0 aliphatic heterocycles. The minimum absolute atomic E-state index is 0.142. The van der Waals surface area contributed by atoms with Crippen LogP contribution in [0.5, 0.6) is 0 Å². The van der Waals surface area contributed by atoms with Crippen LogP contribution in [0.25, 0.3) is 11.0 Å². The van der Waals surface area contributed by atoms with Crippen LogP contribution in [-0.2, 0) is 0 Å². The van der Waals surface area contributed by atoms with E-state index in [0.29, 0.717) is 22.9 Å². The summed E-state index contributed by atoms with van der Waals surface area (Å²) in [4.78, 5) is 11.9. The minimum atomic E-state index is -0.142. The minimum Gasteiger partial charge on any atom is -0.451 e. The van der Waals surface area contributed by atoms with Crippen LogP contribution >= 0.6 is 0 Å². The third-order valence-corrected chi connectivity index (χ3v) is 3.54. The molecule has 4 nitrogen and oxygen atoms in total. The number of fused-ring (bicyclic) bond motifs is 1. The van der Waals surface area contributed by atoms with Crippen molar-refractivity contribution < 1.29 is 9.21 Å². The molecule has 1 aliphatic carbocycles. The summed E-state index contributed by atoms with van der Waals surface area (Å²) in [6.45, 7) is 0.748. The molecular weight excluding hydrogens is 228 g/mol. The Balaban J connectivity index is 1.74. The molecular formula is C14H16N2O2. The van der Waals surface area contributed by atoms with E-state index >= 15 is 0 Å². The second-order valence-electron chi connectivity index (χ2n) is 4.91. The number of nitrogens with two attached hydrogens (primary N) is 1. The van der Waals surface area contributed by atoms with Crippen molar-refractivity contribution in [2.45, 2.75) is 19.3 Å². The first kappa shape index (κ1) is 11.1. The Labute approximate surface area is 105 Å². The van der Waals surface area contributed by atoms with Crippen molar-refractivity contribution in [2.24, 2.45) is 5.92 Å². The second kappa shape index (κ2) is 4.37. The molecule has 2 aromatic rings. The maximum absolute atomic E-state index is 11.9. The molecule has 3 N–H and O–H groups in total. The fraction of sp³-hybridized carbons (Fsp3) is 0.357. The Morgan fingerprint density at radius 2 is 2.22 bits per heavy atom. The van der Waals surface area contributed by atoms with Gasteiger partial charge in [-0.25, -0.2) is 0 Å². The van der Waals surface area contributed by atoms with Crippen molar-refractivity contribution in [3.05, 3.63) is 30.0 Å². The molecule has 0 bridgehead atoms. The Morgan fingerprint density at radius 1 is 1.39 bits per heavy atom. The number of carbonyl (C=O) groups excluding carboxylic acids is 1. The number of rotatable bonds is 3. The van der Waals surface area contributed by atoms with Gasteiger partial charge in [0.1, 0.15) is 5.58 Å². The average Bonchev–Trinajstić information content (AvgIpc) is 2.69. The molecule has 4 heteroatoms. The lowest BCUT2D eigenvalue weighted by molar-refractivity contribution is 0.0913. The largest absolute Gasteiger partial charge is 0.451 e. The van der Waals surface area contributed by atoms with E-state index in [1.807, 2.05) is 6.07 Å². The molecule has 1 aromatic carbocycles. The predicted octanol–water partition coefficient (Wildman–Crippen LogP) is 2.54. The summed E-state index contributed by atoms with van der Waals surface area (Å²) >= 11 is 0. The van der Waals surface area contributed by atoms with Gasteiger partial charge in [0.15, 0.2) is 5.76 Å². The fourth-order valence-corrected chi connectivity index (χ4v) is 2.19. The van der Waals surface area contributed by atoms with Gasteiger partial charge in [0.05, 0.1) is 0 Å². The Kier molecular flexibility index (Phi) is 2.70. The maximum Gasteiger partial charge on any atom is 0.287 e. The number of furan rings is 1. The van der Waals surface area contributed by atoms with Gasteiger partial charge in [-0.05, 0) is 43.0 Å². The van der Waals surface area contributed by atoms with Crippen molar-refractivity contribution >= 4 is 22.6 Å². The number of nitrogens with one attached hydrogen (secondary N) is 1. The molecule has 0 atom stereocenters. The Bertz CT molecular complexity index is 584. The molecule has 3 rings (SSSR count). The van der Waals surface area contributed by atoms with Crippen molar-refractivity contribution in [3.8, 4) is 0 Å². The van der Waals surface area contributed by atoms with E-state index in [1.54, 1.807) is 18.2 Å². The van der Waals surface area contributed by atoms with Crippen molar-refractivity contribution in [3.63, 3.8) is 0 Å². The van der Waals surface area contributed by atoms with Crippen molar-refractivity contribution in [1.82, 2.24) is 5.32 Å². The molecule has 1 amide bonds. The number of benzene rings is 1. The molecule has 0 saturated heterocycles. The van der Waals surface area contributed by atoms with E-state index in [0.717, 1.165) is 11.9 Å². The van der Waals surface area contributed by atoms with Crippen LogP contribution in [0.15, 0.2) is 28.7 Å². The smallest absolute Gasteiger partial charge is 0.287 e. The molecule has 1 fully saturated rings. The molecule has 1 aromatic heterocycles. The first-order valence-corrected chi connectivity index (χ1v) is 6.29. The zero-order chi connectivity index (χ0) is 12.5. The number of carbonyl (C=O) groups is 1. The van der Waals surface area contributed by atoms with Crippen molar-refractivity contribution in [2.75, 3.05) is 12.3 Å². The summed E-state index contributed by atoms with van der Waals surface area (Å²) < 4.78 is 5.50. The lowest BCUT2D eigenvalue weighted by Crippen LogP contribution is -2.31. The van der Waals surface area contributed by atoms with E-state index in [-0.39, 0.29) is 5.91 Å². The number of hydrogen-bond acceptors (Lipinski definition) is 3. The highest BCUT2D eigenvalue weighted by atomic mass is 16.3. The monoisotopic (exact) mass is 244 g/mol. The third kappa shape index (κ3) is 2.06. The van der Waals surface area contributed by atoms with Gasteiger partial charge >= 0.3 is 0 Å². The van der Waals surface area contributed by atoms with Gasteiger partial charge in [0.2, 0.25) is 0 Å². The van der Waals surface area contributed by atoms with Crippen LogP contribution in [0.2, 0.25) is 0 Å². The highest BCUT2D eigenvalue weighted by Gasteiger charge is 2.19. The van der Waals surface area contributed by atoms with Crippen LogP contribution in [0, 0.1) is 5.92 Å². The second-order valence-corrected chi connectivity index (χ2v) is 4.91. The topological polar surface area (TPSA) is 68.3 Å². The van der Waals surface area contributed by atoms with Gasteiger partial charge in [-0.2, -0.15) is 0 Å². The molecule has 1 saturated carbocycles. The van der Waals surface area contributed by atoms with E-state index in [9.17, 15) is 4.79 Å². The Morgan fingerprint density at radius 3 is 2.94 bits per heavy atom. The lowest BCUT2D eigenvalue weighted by Gasteiger charge is -2.25. The van der Waals surface area contributed by atoms with Gasteiger partial charge in [-0.15, -0.1) is 0 Å². The van der Waals surface area contributed by atoms with E-state index < -0.39 is 0 Å². The van der Waals surface area contributed by atoms with E-state index in [4.69, 9.17) is 10.2 Å². The van der Waals surface area contributed by atoms with Gasteiger partial charge in [0.25, 0.3) is 5.91 Å². The highest BCUT2D eigenvalue weighted by molar-refractivity contribution is 5.96. The Hall–Kier alpha value is -1.97. The predicted molar refractivity (Wildman–Crippen MR) is 70.3 cm³/mol. The number of hydrogen-bond donors (Lipinski definition) is 2. The molecule has 0 spiro atoms. The summed E-state index contributed by atoms with van der Waals surface area (Å²) in [6.07, 6.45) is 3.72.